The summed E-state index contributed by atoms with van der Waals surface area (Å²) in [6.07, 6.45) is 3.53. The fourth-order valence-electron chi connectivity index (χ4n) is 1.63. The number of aromatic nitrogens is 1. The highest BCUT2D eigenvalue weighted by atomic mass is 32.1. The SMILES string of the molecule is C=Cc1[nH]c2ccccc2c(=S)c1C=C. The highest BCUT2D eigenvalue weighted by molar-refractivity contribution is 7.71. The zero-order valence-corrected chi connectivity index (χ0v) is 9.10. The number of para-hydroxylation sites is 1. The number of pyridine rings is 1. The summed E-state index contributed by atoms with van der Waals surface area (Å²) in [6.45, 7) is 7.53. The Balaban J connectivity index is 3.00. The van der Waals surface area contributed by atoms with E-state index < -0.39 is 0 Å². The second-order valence-electron chi connectivity index (χ2n) is 3.24. The Labute approximate surface area is 93.8 Å². The van der Waals surface area contributed by atoms with E-state index in [0.29, 0.717) is 0 Å². The Hall–Kier alpha value is -1.67. The van der Waals surface area contributed by atoms with Gasteiger partial charge in [-0.05, 0) is 12.1 Å². The Bertz CT molecular complexity index is 593. The Morgan fingerprint density at radius 3 is 2.53 bits per heavy atom. The van der Waals surface area contributed by atoms with Gasteiger partial charge in [0.05, 0.1) is 4.51 Å². The minimum absolute atomic E-state index is 0.828. The van der Waals surface area contributed by atoms with E-state index in [-0.39, 0.29) is 0 Å². The van der Waals surface area contributed by atoms with Crippen LogP contribution in [0.3, 0.4) is 0 Å². The molecule has 0 aliphatic heterocycles. The third-order valence-corrected chi connectivity index (χ3v) is 2.82. The third-order valence-electron chi connectivity index (χ3n) is 2.38. The molecule has 1 nitrogen and oxygen atoms in total. The van der Waals surface area contributed by atoms with Gasteiger partial charge in [0, 0.05) is 22.2 Å². The molecule has 0 saturated carbocycles. The van der Waals surface area contributed by atoms with Crippen molar-refractivity contribution >= 4 is 35.3 Å². The first kappa shape index (κ1) is 9.87. The fourth-order valence-corrected chi connectivity index (χ4v) is 2.00. The van der Waals surface area contributed by atoms with Gasteiger partial charge in [0.25, 0.3) is 0 Å². The minimum atomic E-state index is 0.828. The van der Waals surface area contributed by atoms with Gasteiger partial charge in [-0.25, -0.2) is 0 Å². The van der Waals surface area contributed by atoms with Crippen molar-refractivity contribution in [1.29, 1.82) is 0 Å². The number of benzene rings is 1. The number of H-pyrrole nitrogens is 1. The van der Waals surface area contributed by atoms with Crippen LogP contribution in [0.15, 0.2) is 37.4 Å². The molecule has 0 saturated heterocycles. The van der Waals surface area contributed by atoms with E-state index in [0.717, 1.165) is 26.7 Å². The average molecular weight is 213 g/mol. The molecule has 0 atom stereocenters. The van der Waals surface area contributed by atoms with Crippen LogP contribution in [-0.4, -0.2) is 4.98 Å². The molecule has 74 valence electrons. The maximum atomic E-state index is 5.41. The summed E-state index contributed by atoms with van der Waals surface area (Å²) >= 11 is 5.41. The summed E-state index contributed by atoms with van der Waals surface area (Å²) in [5.41, 5.74) is 2.90. The summed E-state index contributed by atoms with van der Waals surface area (Å²) < 4.78 is 0.828. The predicted molar refractivity (Wildman–Crippen MR) is 69.3 cm³/mol. The van der Waals surface area contributed by atoms with E-state index in [1.54, 1.807) is 12.2 Å². The van der Waals surface area contributed by atoms with Crippen molar-refractivity contribution < 1.29 is 0 Å². The minimum Gasteiger partial charge on any atom is -0.354 e. The number of hydrogen-bond donors (Lipinski definition) is 1. The third kappa shape index (κ3) is 1.53. The molecule has 0 spiro atoms. The van der Waals surface area contributed by atoms with E-state index in [4.69, 9.17) is 12.2 Å². The molecule has 2 rings (SSSR count). The van der Waals surface area contributed by atoms with Crippen LogP contribution in [0.1, 0.15) is 11.3 Å². The molecule has 2 heteroatoms. The first-order valence-corrected chi connectivity index (χ1v) is 5.08. The lowest BCUT2D eigenvalue weighted by Gasteiger charge is -2.05. The van der Waals surface area contributed by atoms with Gasteiger partial charge in [0.1, 0.15) is 0 Å². The number of rotatable bonds is 2. The maximum absolute atomic E-state index is 5.41. The van der Waals surface area contributed by atoms with Crippen LogP contribution in [0.25, 0.3) is 23.1 Å². The Morgan fingerprint density at radius 1 is 1.13 bits per heavy atom. The fraction of sp³-hybridized carbons (Fsp3) is 0. The van der Waals surface area contributed by atoms with Crippen molar-refractivity contribution in [2.24, 2.45) is 0 Å². The lowest BCUT2D eigenvalue weighted by molar-refractivity contribution is 1.35. The summed E-state index contributed by atoms with van der Waals surface area (Å²) in [4.78, 5) is 3.28. The maximum Gasteiger partial charge on any atom is 0.0563 e. The highest BCUT2D eigenvalue weighted by Gasteiger charge is 2.02. The largest absolute Gasteiger partial charge is 0.354 e. The van der Waals surface area contributed by atoms with Gasteiger partial charge in [-0.1, -0.05) is 49.7 Å². The Morgan fingerprint density at radius 2 is 1.87 bits per heavy atom. The molecular weight excluding hydrogens is 202 g/mol. The van der Waals surface area contributed by atoms with E-state index >= 15 is 0 Å². The van der Waals surface area contributed by atoms with E-state index in [2.05, 4.69) is 18.1 Å². The van der Waals surface area contributed by atoms with Crippen LogP contribution in [0.4, 0.5) is 0 Å². The monoisotopic (exact) mass is 213 g/mol. The lowest BCUT2D eigenvalue weighted by Crippen LogP contribution is -1.90. The Kier molecular flexibility index (Phi) is 2.52. The number of hydrogen-bond acceptors (Lipinski definition) is 1. The molecule has 0 radical (unpaired) electrons. The van der Waals surface area contributed by atoms with Gasteiger partial charge in [-0.3, -0.25) is 0 Å². The van der Waals surface area contributed by atoms with Crippen molar-refractivity contribution in [2.75, 3.05) is 0 Å². The molecule has 1 N–H and O–H groups in total. The van der Waals surface area contributed by atoms with Crippen LogP contribution in [0.5, 0.6) is 0 Å². The van der Waals surface area contributed by atoms with Gasteiger partial charge in [0.15, 0.2) is 0 Å². The number of aromatic amines is 1. The summed E-state index contributed by atoms with van der Waals surface area (Å²) in [5.74, 6) is 0. The van der Waals surface area contributed by atoms with Gasteiger partial charge >= 0.3 is 0 Å². The molecule has 0 fully saturated rings. The van der Waals surface area contributed by atoms with Gasteiger partial charge in [-0.2, -0.15) is 0 Å². The molecular formula is C13H11NS. The molecule has 0 unspecified atom stereocenters. The average Bonchev–Trinajstić information content (AvgIpc) is 2.29. The first-order chi connectivity index (χ1) is 7.27. The number of nitrogens with one attached hydrogen (secondary N) is 1. The molecule has 0 amide bonds. The van der Waals surface area contributed by atoms with Crippen LogP contribution in [0.2, 0.25) is 0 Å². The summed E-state index contributed by atoms with van der Waals surface area (Å²) in [5, 5.41) is 1.05. The molecule has 0 aliphatic rings. The topological polar surface area (TPSA) is 15.8 Å². The lowest BCUT2D eigenvalue weighted by atomic mass is 10.1. The van der Waals surface area contributed by atoms with E-state index in [1.807, 2.05) is 24.3 Å². The zero-order chi connectivity index (χ0) is 10.8. The summed E-state index contributed by atoms with van der Waals surface area (Å²) in [7, 11) is 0. The predicted octanol–water partition coefficient (Wildman–Crippen LogP) is 4.18. The van der Waals surface area contributed by atoms with Crippen LogP contribution in [0, 0.1) is 4.51 Å². The normalized spacial score (nSPS) is 10.1. The first-order valence-electron chi connectivity index (χ1n) is 4.68. The second-order valence-corrected chi connectivity index (χ2v) is 3.64. The second kappa shape index (κ2) is 3.83. The molecule has 15 heavy (non-hydrogen) atoms. The van der Waals surface area contributed by atoms with Crippen molar-refractivity contribution in [2.45, 2.75) is 0 Å². The van der Waals surface area contributed by atoms with Crippen molar-refractivity contribution in [3.63, 3.8) is 0 Å². The zero-order valence-electron chi connectivity index (χ0n) is 8.29. The van der Waals surface area contributed by atoms with Gasteiger partial charge in [0.2, 0.25) is 0 Å². The quantitative estimate of drug-likeness (QED) is 0.740. The highest BCUT2D eigenvalue weighted by Crippen LogP contribution is 2.20. The van der Waals surface area contributed by atoms with E-state index in [1.165, 1.54) is 0 Å². The van der Waals surface area contributed by atoms with Crippen LogP contribution < -0.4 is 0 Å². The number of fused-ring (bicyclic) bond motifs is 1. The standard InChI is InChI=1S/C13H11NS/c1-3-9-11(4-2)14-12-8-6-5-7-10(12)13(9)15/h3-8H,1-2H2,(H,14,15). The van der Waals surface area contributed by atoms with Crippen LogP contribution in [-0.2, 0) is 0 Å². The molecule has 0 aliphatic carbocycles. The van der Waals surface area contributed by atoms with E-state index in [9.17, 15) is 0 Å². The molecule has 1 heterocycles. The van der Waals surface area contributed by atoms with Crippen molar-refractivity contribution in [3.05, 3.63) is 53.2 Å². The van der Waals surface area contributed by atoms with Crippen molar-refractivity contribution in [3.8, 4) is 0 Å². The molecule has 1 aromatic carbocycles. The summed E-state index contributed by atoms with van der Waals surface area (Å²) in [6, 6.07) is 7.97. The molecule has 0 bridgehead atoms. The smallest absolute Gasteiger partial charge is 0.0563 e. The van der Waals surface area contributed by atoms with Gasteiger partial charge in [-0.15, -0.1) is 0 Å². The van der Waals surface area contributed by atoms with Crippen molar-refractivity contribution in [1.82, 2.24) is 4.98 Å². The van der Waals surface area contributed by atoms with Gasteiger partial charge < -0.3 is 4.98 Å². The van der Waals surface area contributed by atoms with Crippen LogP contribution >= 0.6 is 12.2 Å². The molecule has 1 aromatic heterocycles. The molecule has 2 aromatic rings.